The normalized spacial score (nSPS) is 13.2. The highest BCUT2D eigenvalue weighted by Crippen LogP contribution is 2.29. The van der Waals surface area contributed by atoms with Crippen molar-refractivity contribution in [1.29, 1.82) is 0 Å². The molecule has 0 radical (unpaired) electrons. The van der Waals surface area contributed by atoms with E-state index in [9.17, 15) is 9.90 Å². The molecule has 0 aliphatic rings. The fourth-order valence-corrected chi connectivity index (χ4v) is 2.17. The Bertz CT molecular complexity index is 596. The summed E-state index contributed by atoms with van der Waals surface area (Å²) in [7, 11) is 0. The van der Waals surface area contributed by atoms with E-state index in [1.807, 2.05) is 10.8 Å². The molecule has 0 aliphatic heterocycles. The number of carbonyl (C=O) groups is 1. The molecule has 0 fully saturated rings. The SMILES string of the molecule is CC(O)c1cn(C(C)C)c2ccc(C(=O)O)cc12. The second-order valence-electron chi connectivity index (χ2n) is 4.80. The molecule has 1 heterocycles. The lowest BCUT2D eigenvalue weighted by Crippen LogP contribution is -1.99. The number of aromatic carboxylic acids is 1. The number of rotatable bonds is 3. The van der Waals surface area contributed by atoms with Crippen LogP contribution < -0.4 is 0 Å². The average Bonchev–Trinajstić information content (AvgIpc) is 2.67. The fraction of sp³-hybridized carbons (Fsp3) is 0.357. The number of nitrogens with zero attached hydrogens (tertiary/aromatic N) is 1. The Kier molecular flexibility index (Phi) is 3.13. The Morgan fingerprint density at radius 3 is 2.44 bits per heavy atom. The van der Waals surface area contributed by atoms with Gasteiger partial charge in [-0.2, -0.15) is 0 Å². The monoisotopic (exact) mass is 247 g/mol. The zero-order valence-electron chi connectivity index (χ0n) is 10.7. The molecule has 4 heteroatoms. The Morgan fingerprint density at radius 2 is 1.94 bits per heavy atom. The lowest BCUT2D eigenvalue weighted by Gasteiger charge is -2.08. The molecule has 1 unspecified atom stereocenters. The quantitative estimate of drug-likeness (QED) is 0.876. The van der Waals surface area contributed by atoms with Crippen LogP contribution in [0.1, 0.15) is 48.8 Å². The molecular formula is C14H17NO3. The maximum absolute atomic E-state index is 11.0. The van der Waals surface area contributed by atoms with E-state index in [1.54, 1.807) is 25.1 Å². The second-order valence-corrected chi connectivity index (χ2v) is 4.80. The Labute approximate surface area is 105 Å². The minimum absolute atomic E-state index is 0.242. The molecule has 4 nitrogen and oxygen atoms in total. The van der Waals surface area contributed by atoms with Crippen molar-refractivity contribution in [1.82, 2.24) is 4.57 Å². The number of aliphatic hydroxyl groups is 1. The lowest BCUT2D eigenvalue weighted by atomic mass is 10.1. The predicted molar refractivity (Wildman–Crippen MR) is 69.9 cm³/mol. The lowest BCUT2D eigenvalue weighted by molar-refractivity contribution is 0.0697. The largest absolute Gasteiger partial charge is 0.478 e. The molecule has 18 heavy (non-hydrogen) atoms. The van der Waals surface area contributed by atoms with Crippen LogP contribution >= 0.6 is 0 Å². The summed E-state index contributed by atoms with van der Waals surface area (Å²) >= 11 is 0. The summed E-state index contributed by atoms with van der Waals surface area (Å²) in [5.41, 5.74) is 1.96. The first-order valence-electron chi connectivity index (χ1n) is 5.97. The van der Waals surface area contributed by atoms with Crippen LogP contribution in [0, 0.1) is 0 Å². The van der Waals surface area contributed by atoms with Gasteiger partial charge in [-0.1, -0.05) is 0 Å². The van der Waals surface area contributed by atoms with Gasteiger partial charge in [0.15, 0.2) is 0 Å². The summed E-state index contributed by atoms with van der Waals surface area (Å²) < 4.78 is 2.04. The molecule has 2 N–H and O–H groups in total. The van der Waals surface area contributed by atoms with E-state index in [-0.39, 0.29) is 11.6 Å². The summed E-state index contributed by atoms with van der Waals surface area (Å²) in [6.45, 7) is 5.79. The number of benzene rings is 1. The average molecular weight is 247 g/mol. The molecule has 1 aromatic carbocycles. The smallest absolute Gasteiger partial charge is 0.335 e. The topological polar surface area (TPSA) is 62.5 Å². The van der Waals surface area contributed by atoms with E-state index in [4.69, 9.17) is 5.11 Å². The number of carboxylic acid groups (broad SMARTS) is 1. The van der Waals surface area contributed by atoms with Crippen molar-refractivity contribution in [3.05, 3.63) is 35.5 Å². The summed E-state index contributed by atoms with van der Waals surface area (Å²) in [6, 6.07) is 5.27. The highest BCUT2D eigenvalue weighted by Gasteiger charge is 2.15. The van der Waals surface area contributed by atoms with Gasteiger partial charge in [0.05, 0.1) is 11.7 Å². The molecule has 1 aromatic heterocycles. The van der Waals surface area contributed by atoms with Crippen molar-refractivity contribution in [3.63, 3.8) is 0 Å². The van der Waals surface area contributed by atoms with Gasteiger partial charge in [-0.25, -0.2) is 4.79 Å². The molecule has 0 saturated heterocycles. The molecular weight excluding hydrogens is 230 g/mol. The minimum Gasteiger partial charge on any atom is -0.478 e. The first-order valence-corrected chi connectivity index (χ1v) is 5.97. The van der Waals surface area contributed by atoms with E-state index in [2.05, 4.69) is 13.8 Å². The van der Waals surface area contributed by atoms with Gasteiger partial charge in [-0.3, -0.25) is 0 Å². The molecule has 0 aliphatic carbocycles. The van der Waals surface area contributed by atoms with Crippen LogP contribution in [0.3, 0.4) is 0 Å². The van der Waals surface area contributed by atoms with Crippen LogP contribution in [0.25, 0.3) is 10.9 Å². The van der Waals surface area contributed by atoms with Crippen molar-refractivity contribution in [2.75, 3.05) is 0 Å². The van der Waals surface area contributed by atoms with E-state index in [0.29, 0.717) is 0 Å². The summed E-state index contributed by atoms with van der Waals surface area (Å²) in [6.07, 6.45) is 1.28. The molecule has 0 saturated carbocycles. The number of hydrogen-bond donors (Lipinski definition) is 2. The van der Waals surface area contributed by atoms with Crippen molar-refractivity contribution in [2.45, 2.75) is 32.9 Å². The van der Waals surface area contributed by atoms with Gasteiger partial charge in [0.2, 0.25) is 0 Å². The predicted octanol–water partition coefficient (Wildman–Crippen LogP) is 2.97. The zero-order chi connectivity index (χ0) is 13.4. The molecule has 0 bridgehead atoms. The third-order valence-corrected chi connectivity index (χ3v) is 3.12. The molecule has 2 rings (SSSR count). The maximum atomic E-state index is 11.0. The van der Waals surface area contributed by atoms with Crippen molar-refractivity contribution in [2.24, 2.45) is 0 Å². The Balaban J connectivity index is 2.75. The second kappa shape index (κ2) is 4.46. The number of fused-ring (bicyclic) bond motifs is 1. The van der Waals surface area contributed by atoms with Crippen LogP contribution in [-0.4, -0.2) is 20.7 Å². The van der Waals surface area contributed by atoms with E-state index >= 15 is 0 Å². The van der Waals surface area contributed by atoms with Crippen molar-refractivity contribution >= 4 is 16.9 Å². The summed E-state index contributed by atoms with van der Waals surface area (Å²) in [5.74, 6) is -0.953. The third-order valence-electron chi connectivity index (χ3n) is 3.12. The summed E-state index contributed by atoms with van der Waals surface area (Å²) in [4.78, 5) is 11.0. The summed E-state index contributed by atoms with van der Waals surface area (Å²) in [5, 5.41) is 19.6. The van der Waals surface area contributed by atoms with Gasteiger partial charge in [0.1, 0.15) is 0 Å². The number of carboxylic acids is 1. The molecule has 96 valence electrons. The first-order chi connectivity index (χ1) is 8.41. The number of aromatic nitrogens is 1. The van der Waals surface area contributed by atoms with Crippen LogP contribution in [0.4, 0.5) is 0 Å². The Hall–Kier alpha value is -1.81. The Morgan fingerprint density at radius 1 is 1.28 bits per heavy atom. The highest BCUT2D eigenvalue weighted by molar-refractivity contribution is 5.95. The van der Waals surface area contributed by atoms with Gasteiger partial charge in [0.25, 0.3) is 0 Å². The van der Waals surface area contributed by atoms with Crippen LogP contribution in [0.5, 0.6) is 0 Å². The number of aliphatic hydroxyl groups excluding tert-OH is 1. The van der Waals surface area contributed by atoms with Gasteiger partial charge in [-0.05, 0) is 39.0 Å². The van der Waals surface area contributed by atoms with Crippen molar-refractivity contribution in [3.8, 4) is 0 Å². The van der Waals surface area contributed by atoms with Gasteiger partial charge >= 0.3 is 5.97 Å². The highest BCUT2D eigenvalue weighted by atomic mass is 16.4. The third kappa shape index (κ3) is 1.99. The van der Waals surface area contributed by atoms with Crippen LogP contribution in [0.15, 0.2) is 24.4 Å². The first kappa shape index (κ1) is 12.6. The standard InChI is InChI=1S/C14H17NO3/c1-8(2)15-7-12(9(3)16)11-6-10(14(17)18)4-5-13(11)15/h4-9,16H,1-3H3,(H,17,18). The van der Waals surface area contributed by atoms with E-state index in [0.717, 1.165) is 16.5 Å². The van der Waals surface area contributed by atoms with Gasteiger partial charge in [0, 0.05) is 28.7 Å². The number of hydrogen-bond acceptors (Lipinski definition) is 2. The molecule has 0 amide bonds. The van der Waals surface area contributed by atoms with E-state index < -0.39 is 12.1 Å². The van der Waals surface area contributed by atoms with Gasteiger partial charge < -0.3 is 14.8 Å². The minimum atomic E-state index is -0.953. The van der Waals surface area contributed by atoms with Crippen LogP contribution in [-0.2, 0) is 0 Å². The zero-order valence-corrected chi connectivity index (χ0v) is 10.7. The maximum Gasteiger partial charge on any atom is 0.335 e. The van der Waals surface area contributed by atoms with E-state index in [1.165, 1.54) is 0 Å². The molecule has 2 aromatic rings. The molecule has 0 spiro atoms. The fourth-order valence-electron chi connectivity index (χ4n) is 2.17. The van der Waals surface area contributed by atoms with Gasteiger partial charge in [-0.15, -0.1) is 0 Å². The van der Waals surface area contributed by atoms with Crippen LogP contribution in [0.2, 0.25) is 0 Å². The molecule has 1 atom stereocenters. The van der Waals surface area contributed by atoms with Crippen molar-refractivity contribution < 1.29 is 15.0 Å².